The Morgan fingerprint density at radius 1 is 1.57 bits per heavy atom. The third-order valence-electron chi connectivity index (χ3n) is 3.01. The van der Waals surface area contributed by atoms with Crippen molar-refractivity contribution in [2.45, 2.75) is 24.3 Å². The minimum atomic E-state index is -4.16. The monoisotopic (exact) mass is 362 g/mol. The predicted molar refractivity (Wildman–Crippen MR) is 66.8 cm³/mol. The summed E-state index contributed by atoms with van der Waals surface area (Å²) in [5, 5.41) is 19.5. The van der Waals surface area contributed by atoms with Gasteiger partial charge >= 0.3 is 41.2 Å². The summed E-state index contributed by atoms with van der Waals surface area (Å²) in [4.78, 5) is 35.2. The van der Waals surface area contributed by atoms with Gasteiger partial charge in [0.2, 0.25) is 0 Å². The van der Waals surface area contributed by atoms with E-state index < -0.39 is 49.7 Å². The van der Waals surface area contributed by atoms with Gasteiger partial charge in [0, 0.05) is 18.9 Å². The Morgan fingerprint density at radius 2 is 2.17 bits per heavy atom. The molecule has 5 atom stereocenters. The van der Waals surface area contributed by atoms with Crippen molar-refractivity contribution in [3.63, 3.8) is 0 Å². The smallest absolute Gasteiger partial charge is 0.779 e. The number of aliphatic hydroxyl groups is 2. The molecule has 0 aliphatic carbocycles. The molecular formula is C10H13FN2NaO8P. The van der Waals surface area contributed by atoms with Gasteiger partial charge in [-0.25, -0.2) is 9.36 Å². The normalized spacial score (nSPS) is 33.0. The number of alkyl halides is 1. The Bertz CT molecular complexity index is 719. The molecule has 13 heteroatoms. The molecule has 2 heterocycles. The first-order chi connectivity index (χ1) is 10.0. The molecule has 23 heavy (non-hydrogen) atoms. The standard InChI is InChI=1S/C10H14FN2O8P.Na/c1-22(18,19)20-4-5-7(15)8(16)10(11,21-5)13-3-2-6(14)12-9(13)17;/h2-3,5,7-8,15-16H,4H2,1H3,(H,18,19)(H,12,14,17);/q;+1/p-1/t5-,7-,8-,10+;/m1./s1. The molecule has 1 unspecified atom stereocenters. The van der Waals surface area contributed by atoms with Crippen molar-refractivity contribution >= 4 is 7.60 Å². The van der Waals surface area contributed by atoms with Gasteiger partial charge in [-0.1, -0.05) is 0 Å². The molecule has 0 spiro atoms. The average Bonchev–Trinajstić information content (AvgIpc) is 2.61. The second-order valence-electron chi connectivity index (χ2n) is 4.75. The van der Waals surface area contributed by atoms with E-state index in [-0.39, 0.29) is 34.1 Å². The summed E-state index contributed by atoms with van der Waals surface area (Å²) in [5.41, 5.74) is -2.01. The summed E-state index contributed by atoms with van der Waals surface area (Å²) in [6.45, 7) is 0.0131. The number of H-pyrrole nitrogens is 1. The predicted octanol–water partition coefficient (Wildman–Crippen LogP) is -5.56. The number of hydrogen-bond donors (Lipinski definition) is 3. The Kier molecular flexibility index (Phi) is 6.53. The average molecular weight is 362 g/mol. The van der Waals surface area contributed by atoms with Gasteiger partial charge < -0.3 is 28.9 Å². The van der Waals surface area contributed by atoms with E-state index in [2.05, 4.69) is 4.52 Å². The van der Waals surface area contributed by atoms with Crippen LogP contribution in [0.15, 0.2) is 21.9 Å². The van der Waals surface area contributed by atoms with Crippen molar-refractivity contribution in [2.75, 3.05) is 13.3 Å². The molecule has 1 fully saturated rings. The third-order valence-corrected chi connectivity index (χ3v) is 3.63. The van der Waals surface area contributed by atoms with E-state index in [9.17, 15) is 33.7 Å². The summed E-state index contributed by atoms with van der Waals surface area (Å²) < 4.78 is 35.1. The fraction of sp³-hybridized carbons (Fsp3) is 0.600. The van der Waals surface area contributed by atoms with Gasteiger partial charge in [0.05, 0.1) is 6.61 Å². The molecule has 1 aliphatic heterocycles. The van der Waals surface area contributed by atoms with Gasteiger partial charge in [0.25, 0.3) is 5.56 Å². The number of nitrogens with one attached hydrogen (secondary N) is 1. The van der Waals surface area contributed by atoms with E-state index in [0.29, 0.717) is 0 Å². The summed E-state index contributed by atoms with van der Waals surface area (Å²) in [6.07, 6.45) is -4.86. The quantitative estimate of drug-likeness (QED) is 0.354. The number of halogens is 1. The molecule has 2 rings (SSSR count). The Morgan fingerprint density at radius 3 is 2.70 bits per heavy atom. The third kappa shape index (κ3) is 4.38. The molecule has 3 N–H and O–H groups in total. The van der Waals surface area contributed by atoms with Crippen molar-refractivity contribution in [1.82, 2.24) is 9.55 Å². The summed E-state index contributed by atoms with van der Waals surface area (Å²) in [7, 11) is -4.16. The summed E-state index contributed by atoms with van der Waals surface area (Å²) in [5.74, 6) is -3.19. The maximum Gasteiger partial charge on any atom is 1.00 e. The van der Waals surface area contributed by atoms with E-state index in [0.717, 1.165) is 18.9 Å². The van der Waals surface area contributed by atoms with Crippen molar-refractivity contribution in [2.24, 2.45) is 0 Å². The zero-order chi connectivity index (χ0) is 16.7. The van der Waals surface area contributed by atoms with Gasteiger partial charge in [0.1, 0.15) is 19.8 Å². The zero-order valence-corrected chi connectivity index (χ0v) is 15.1. The first-order valence-electron chi connectivity index (χ1n) is 6.03. The van der Waals surface area contributed by atoms with Crippen LogP contribution in [0, 0.1) is 0 Å². The van der Waals surface area contributed by atoms with Crippen LogP contribution in [0.4, 0.5) is 4.39 Å². The van der Waals surface area contributed by atoms with Gasteiger partial charge in [-0.15, -0.1) is 0 Å². The number of nitrogens with zero attached hydrogens (tertiary/aromatic N) is 1. The van der Waals surface area contributed by atoms with E-state index >= 15 is 0 Å². The maximum atomic E-state index is 14.8. The van der Waals surface area contributed by atoms with Crippen LogP contribution in [0.2, 0.25) is 0 Å². The molecule has 0 aromatic carbocycles. The molecule has 1 aromatic heterocycles. The number of rotatable bonds is 4. The molecule has 0 amide bonds. The van der Waals surface area contributed by atoms with Crippen LogP contribution in [0.5, 0.6) is 0 Å². The molecule has 0 radical (unpaired) electrons. The number of aromatic amines is 1. The summed E-state index contributed by atoms with van der Waals surface area (Å²) in [6, 6.07) is 0.812. The van der Waals surface area contributed by atoms with Crippen LogP contribution in [0.25, 0.3) is 0 Å². The topological polar surface area (TPSA) is 154 Å². The van der Waals surface area contributed by atoms with Crippen LogP contribution >= 0.6 is 7.60 Å². The molecule has 1 aliphatic rings. The molecule has 1 aromatic rings. The molecule has 0 bridgehead atoms. The van der Waals surface area contributed by atoms with Crippen LogP contribution in [0.3, 0.4) is 0 Å². The summed E-state index contributed by atoms with van der Waals surface area (Å²) >= 11 is 0. The van der Waals surface area contributed by atoms with Crippen molar-refractivity contribution in [1.29, 1.82) is 0 Å². The molecule has 124 valence electrons. The zero-order valence-electron chi connectivity index (χ0n) is 12.2. The number of aromatic nitrogens is 2. The van der Waals surface area contributed by atoms with E-state index in [1.807, 2.05) is 0 Å². The van der Waals surface area contributed by atoms with Gasteiger partial charge in [-0.05, 0) is 0 Å². The largest absolute Gasteiger partial charge is 1.00 e. The fourth-order valence-electron chi connectivity index (χ4n) is 1.96. The Labute approximate surface area is 150 Å². The Balaban J connectivity index is 0.00000264. The minimum absolute atomic E-state index is 0. The number of hydrogen-bond acceptors (Lipinski definition) is 8. The van der Waals surface area contributed by atoms with Crippen LogP contribution in [-0.4, -0.2) is 51.3 Å². The second kappa shape index (κ2) is 7.26. The molecule has 10 nitrogen and oxygen atoms in total. The van der Waals surface area contributed by atoms with E-state index in [1.165, 1.54) is 0 Å². The fourth-order valence-corrected chi connectivity index (χ4v) is 2.38. The van der Waals surface area contributed by atoms with Crippen LogP contribution in [-0.2, 0) is 19.8 Å². The SMILES string of the molecule is CP(=O)([O-])OC[C@H]1O[C@@](F)(n2ccc(=O)[nH]c2=O)[C@H](O)[C@@H]1O.[Na+]. The number of ether oxygens (including phenoxy) is 1. The van der Waals surface area contributed by atoms with Crippen molar-refractivity contribution in [3.05, 3.63) is 33.1 Å². The van der Waals surface area contributed by atoms with Crippen LogP contribution in [0.1, 0.15) is 0 Å². The van der Waals surface area contributed by atoms with Crippen LogP contribution < -0.4 is 45.7 Å². The first-order valence-corrected chi connectivity index (χ1v) is 8.02. The first kappa shape index (κ1) is 20.7. The minimum Gasteiger partial charge on any atom is -0.779 e. The van der Waals surface area contributed by atoms with Crippen molar-refractivity contribution < 1.29 is 62.9 Å². The molecule has 1 saturated heterocycles. The van der Waals surface area contributed by atoms with Gasteiger partial charge in [0.15, 0.2) is 6.10 Å². The Hall–Kier alpha value is -0.360. The van der Waals surface area contributed by atoms with Crippen molar-refractivity contribution in [3.8, 4) is 0 Å². The van der Waals surface area contributed by atoms with E-state index in [1.54, 1.807) is 4.98 Å². The van der Waals surface area contributed by atoms with E-state index in [4.69, 9.17) is 4.74 Å². The maximum absolute atomic E-state index is 14.8. The number of aliphatic hydroxyl groups excluding tert-OH is 2. The second-order valence-corrected chi connectivity index (χ2v) is 6.55. The van der Waals surface area contributed by atoms with Gasteiger partial charge in [-0.3, -0.25) is 9.78 Å². The molecular weight excluding hydrogens is 349 g/mol. The van der Waals surface area contributed by atoms with Gasteiger partial charge in [-0.2, -0.15) is 4.39 Å². The molecule has 0 saturated carbocycles.